The van der Waals surface area contributed by atoms with Crippen molar-refractivity contribution in [2.75, 3.05) is 0 Å². The molecule has 0 N–H and O–H groups in total. The van der Waals surface area contributed by atoms with Crippen LogP contribution in [-0.4, -0.2) is 0 Å². The molecule has 1 aromatic heterocycles. The maximum absolute atomic E-state index is 2.51. The fraction of sp³-hybridized carbons (Fsp3) is 0. The SMILES string of the molecule is I[I-]c1csc2ccccc12. The van der Waals surface area contributed by atoms with Crippen LogP contribution in [-0.2, 0) is 0 Å². The third-order valence-electron chi connectivity index (χ3n) is 1.51. The Morgan fingerprint density at radius 3 is 2.91 bits per heavy atom. The van der Waals surface area contributed by atoms with Crippen LogP contribution in [0.25, 0.3) is 10.1 Å². The van der Waals surface area contributed by atoms with Crippen molar-refractivity contribution in [1.29, 1.82) is 0 Å². The van der Waals surface area contributed by atoms with E-state index in [9.17, 15) is 0 Å². The molecule has 11 heavy (non-hydrogen) atoms. The Morgan fingerprint density at radius 2 is 2.09 bits per heavy atom. The summed E-state index contributed by atoms with van der Waals surface area (Å²) in [5, 5.41) is 3.77. The van der Waals surface area contributed by atoms with Gasteiger partial charge in [0.15, 0.2) is 0 Å². The third kappa shape index (κ3) is 1.55. The van der Waals surface area contributed by atoms with Crippen LogP contribution in [0.1, 0.15) is 0 Å². The van der Waals surface area contributed by atoms with Gasteiger partial charge in [0.25, 0.3) is 0 Å². The topological polar surface area (TPSA) is 0 Å². The molecule has 2 rings (SSSR count). The Morgan fingerprint density at radius 1 is 1.27 bits per heavy atom. The molecule has 0 bridgehead atoms. The van der Waals surface area contributed by atoms with Gasteiger partial charge in [0.1, 0.15) is 0 Å². The van der Waals surface area contributed by atoms with Gasteiger partial charge in [-0.25, -0.2) is 0 Å². The summed E-state index contributed by atoms with van der Waals surface area (Å²) in [6, 6.07) is 8.64. The number of rotatable bonds is 1. The zero-order valence-corrected chi connectivity index (χ0v) is 10.7. The summed E-state index contributed by atoms with van der Waals surface area (Å²) in [5.74, 6) is 0. The summed E-state index contributed by atoms with van der Waals surface area (Å²) in [6.45, 7) is 0. The predicted molar refractivity (Wildman–Crippen MR) is 54.5 cm³/mol. The predicted octanol–water partition coefficient (Wildman–Crippen LogP) is 0.510. The van der Waals surface area contributed by atoms with Crippen LogP contribution in [0.3, 0.4) is 0 Å². The van der Waals surface area contributed by atoms with Crippen LogP contribution in [0.15, 0.2) is 29.6 Å². The van der Waals surface area contributed by atoms with E-state index in [0.717, 1.165) is 0 Å². The summed E-state index contributed by atoms with van der Waals surface area (Å²) < 4.78 is 3.00. The van der Waals surface area contributed by atoms with Crippen molar-refractivity contribution >= 4 is 40.0 Å². The first kappa shape index (κ1) is 8.25. The molecule has 0 nitrogen and oxygen atoms in total. The van der Waals surface area contributed by atoms with Crippen molar-refractivity contribution < 1.29 is 17.2 Å². The van der Waals surface area contributed by atoms with E-state index in [1.165, 1.54) is 10.1 Å². The Kier molecular flexibility index (Phi) is 2.68. The van der Waals surface area contributed by atoms with Gasteiger partial charge in [-0.05, 0) is 0 Å². The molecule has 58 valence electrons. The van der Waals surface area contributed by atoms with Crippen LogP contribution in [0.4, 0.5) is 0 Å². The molecule has 0 unspecified atom stereocenters. The third-order valence-corrected chi connectivity index (χ3v) is 7.18. The Labute approximate surface area is 89.4 Å². The minimum absolute atomic E-state index is 0.225. The van der Waals surface area contributed by atoms with Gasteiger partial charge in [-0.3, -0.25) is 0 Å². The van der Waals surface area contributed by atoms with Crippen molar-refractivity contribution in [1.82, 2.24) is 0 Å². The molecule has 0 radical (unpaired) electrons. The number of fused-ring (bicyclic) bond motifs is 1. The van der Waals surface area contributed by atoms with E-state index in [1.54, 1.807) is 3.57 Å². The second kappa shape index (κ2) is 3.57. The van der Waals surface area contributed by atoms with Gasteiger partial charge in [-0.15, -0.1) is 0 Å². The monoisotopic (exact) mass is 387 g/mol. The average Bonchev–Trinajstić information content (AvgIpc) is 2.47. The van der Waals surface area contributed by atoms with Crippen molar-refractivity contribution in [3.05, 3.63) is 33.2 Å². The molecule has 1 heterocycles. The molecule has 0 saturated carbocycles. The van der Waals surface area contributed by atoms with E-state index in [4.69, 9.17) is 0 Å². The summed E-state index contributed by atoms with van der Waals surface area (Å²) in [4.78, 5) is 0. The molecule has 0 aliphatic rings. The molecule has 2 aromatic rings. The normalized spacial score (nSPS) is 11.0. The molecule has 0 spiro atoms. The fourth-order valence-electron chi connectivity index (χ4n) is 1.00. The van der Waals surface area contributed by atoms with Crippen molar-refractivity contribution in [3.8, 4) is 0 Å². The second-order valence-electron chi connectivity index (χ2n) is 2.15. The average molecular weight is 387 g/mol. The van der Waals surface area contributed by atoms with Crippen LogP contribution < -0.4 is 17.2 Å². The maximum atomic E-state index is 2.51. The van der Waals surface area contributed by atoms with Gasteiger partial charge in [0.05, 0.1) is 0 Å². The van der Waals surface area contributed by atoms with E-state index in [0.29, 0.717) is 0 Å². The molecule has 0 atom stereocenters. The van der Waals surface area contributed by atoms with E-state index >= 15 is 0 Å². The Hall–Kier alpha value is 0.640. The fourth-order valence-corrected chi connectivity index (χ4v) is 6.80. The Balaban J connectivity index is 2.76. The molecule has 0 fully saturated rings. The van der Waals surface area contributed by atoms with Crippen molar-refractivity contribution in [2.45, 2.75) is 0 Å². The zero-order valence-electron chi connectivity index (χ0n) is 5.55. The standard InChI is InChI=1S/C8H5I2S/c9-10-7-5-11-8-4-2-1-3-6(7)8/h1-5H/q-1. The number of benzene rings is 1. The number of hydrogen-bond acceptors (Lipinski definition) is 1. The second-order valence-corrected chi connectivity index (χ2v) is 7.37. The van der Waals surface area contributed by atoms with Gasteiger partial charge >= 0.3 is 90.5 Å². The Bertz CT molecular complexity index is 367. The zero-order chi connectivity index (χ0) is 7.68. The first-order valence-corrected chi connectivity index (χ1v) is 11.4. The molecule has 0 saturated heterocycles. The van der Waals surface area contributed by atoms with Crippen molar-refractivity contribution in [2.24, 2.45) is 0 Å². The summed E-state index contributed by atoms with van der Waals surface area (Å²) >= 11 is 4.60. The molecule has 0 aliphatic carbocycles. The van der Waals surface area contributed by atoms with E-state index in [-0.39, 0.29) is 17.2 Å². The first-order valence-electron chi connectivity index (χ1n) is 3.14. The van der Waals surface area contributed by atoms with Crippen LogP contribution in [0.2, 0.25) is 0 Å². The molecule has 0 aliphatic heterocycles. The van der Waals surface area contributed by atoms with Gasteiger partial charge in [0.2, 0.25) is 0 Å². The molecular weight excluding hydrogens is 382 g/mol. The number of thiophene rings is 1. The molecular formula is C8H5I2S-. The minimum atomic E-state index is 0.225. The van der Waals surface area contributed by atoms with Gasteiger partial charge in [-0.1, -0.05) is 0 Å². The summed E-state index contributed by atoms with van der Waals surface area (Å²) in [5.41, 5.74) is 0. The summed E-state index contributed by atoms with van der Waals surface area (Å²) in [7, 11) is 0. The van der Waals surface area contributed by atoms with E-state index < -0.39 is 0 Å². The summed E-state index contributed by atoms with van der Waals surface area (Å²) in [6.07, 6.45) is 0. The van der Waals surface area contributed by atoms with Gasteiger partial charge in [-0.2, -0.15) is 0 Å². The molecule has 1 aromatic carbocycles. The quantitative estimate of drug-likeness (QED) is 0.626. The van der Waals surface area contributed by atoms with E-state index in [1.807, 2.05) is 11.3 Å². The molecule has 0 amide bonds. The van der Waals surface area contributed by atoms with Crippen LogP contribution in [0.5, 0.6) is 0 Å². The molecule has 3 heteroatoms. The first-order chi connectivity index (χ1) is 5.42. The van der Waals surface area contributed by atoms with E-state index in [2.05, 4.69) is 48.3 Å². The number of halogens is 2. The van der Waals surface area contributed by atoms with Gasteiger partial charge < -0.3 is 0 Å². The van der Waals surface area contributed by atoms with Crippen molar-refractivity contribution in [3.63, 3.8) is 0 Å². The van der Waals surface area contributed by atoms with Gasteiger partial charge in [0, 0.05) is 0 Å². The van der Waals surface area contributed by atoms with Crippen LogP contribution >= 0.6 is 30.0 Å². The van der Waals surface area contributed by atoms with Crippen LogP contribution in [0, 0.1) is 3.57 Å². The number of hydrogen-bond donors (Lipinski definition) is 0.